The molecule has 106 valence electrons. The second-order valence-corrected chi connectivity index (χ2v) is 4.31. The summed E-state index contributed by atoms with van der Waals surface area (Å²) in [5.41, 5.74) is -0.169. The molecule has 1 amide bonds. The summed E-state index contributed by atoms with van der Waals surface area (Å²) in [5.74, 6) is 1.77. The van der Waals surface area contributed by atoms with Crippen molar-refractivity contribution in [1.29, 1.82) is 0 Å². The van der Waals surface area contributed by atoms with Crippen LogP contribution in [0.5, 0.6) is 0 Å². The minimum Gasteiger partial charge on any atom is -0.465 e. The van der Waals surface area contributed by atoms with E-state index >= 15 is 0 Å². The van der Waals surface area contributed by atoms with Gasteiger partial charge < -0.3 is 10.1 Å². The van der Waals surface area contributed by atoms with Crippen molar-refractivity contribution < 1.29 is 14.3 Å². The molecule has 20 heavy (non-hydrogen) atoms. The molecule has 0 fully saturated rings. The summed E-state index contributed by atoms with van der Waals surface area (Å²) in [5, 5.41) is 2.80. The van der Waals surface area contributed by atoms with Crippen LogP contribution in [0.25, 0.3) is 0 Å². The smallest absolute Gasteiger partial charge is 0.339 e. The number of rotatable bonds is 5. The Labute approximate surface area is 118 Å². The van der Waals surface area contributed by atoms with Crippen molar-refractivity contribution in [3.63, 3.8) is 0 Å². The molecule has 0 bridgehead atoms. The minimum atomic E-state index is -0.667. The van der Waals surface area contributed by atoms with Gasteiger partial charge in [0.15, 0.2) is 0 Å². The fourth-order valence-corrected chi connectivity index (χ4v) is 1.72. The summed E-state index contributed by atoms with van der Waals surface area (Å²) >= 11 is 0. The summed E-state index contributed by atoms with van der Waals surface area (Å²) in [6.07, 6.45) is 8.05. The average molecular weight is 274 g/mol. The lowest BCUT2D eigenvalue weighted by atomic mass is 9.94. The van der Waals surface area contributed by atoms with Gasteiger partial charge in [-0.25, -0.2) is 4.79 Å². The standard InChI is InChI=1S/C15H18N2O3/c1-5-15(6-2,7-3)17-13(18)12-9-8-11(10-16-12)14(19)20-4/h1,8-10H,6-7H2,2-4H3,(H,17,18). The Morgan fingerprint density at radius 2 is 2.05 bits per heavy atom. The number of terminal acetylenes is 1. The van der Waals surface area contributed by atoms with Crippen molar-refractivity contribution in [3.05, 3.63) is 29.6 Å². The zero-order chi connectivity index (χ0) is 15.2. The Hall–Kier alpha value is -2.35. The monoisotopic (exact) mass is 274 g/mol. The van der Waals surface area contributed by atoms with Gasteiger partial charge in [-0.3, -0.25) is 9.78 Å². The van der Waals surface area contributed by atoms with E-state index in [-0.39, 0.29) is 11.6 Å². The molecule has 5 nitrogen and oxygen atoms in total. The number of esters is 1. The quantitative estimate of drug-likeness (QED) is 0.656. The highest BCUT2D eigenvalue weighted by Gasteiger charge is 2.26. The van der Waals surface area contributed by atoms with Crippen molar-refractivity contribution in [2.45, 2.75) is 32.2 Å². The van der Waals surface area contributed by atoms with Crippen LogP contribution in [0, 0.1) is 12.3 Å². The van der Waals surface area contributed by atoms with Gasteiger partial charge in [-0.05, 0) is 25.0 Å². The molecule has 5 heteroatoms. The lowest BCUT2D eigenvalue weighted by molar-refractivity contribution is 0.0599. The number of carbonyl (C=O) groups is 2. The van der Waals surface area contributed by atoms with Crippen LogP contribution >= 0.6 is 0 Å². The fraction of sp³-hybridized carbons (Fsp3) is 0.400. The SMILES string of the molecule is C#CC(CC)(CC)NC(=O)c1ccc(C(=O)OC)cn1. The second kappa shape index (κ2) is 6.71. The van der Waals surface area contributed by atoms with E-state index in [1.165, 1.54) is 25.4 Å². The number of nitrogens with one attached hydrogen (secondary N) is 1. The van der Waals surface area contributed by atoms with E-state index < -0.39 is 11.5 Å². The van der Waals surface area contributed by atoms with Gasteiger partial charge in [0.1, 0.15) is 11.2 Å². The molecule has 1 rings (SSSR count). The molecule has 0 aliphatic carbocycles. The van der Waals surface area contributed by atoms with Crippen LogP contribution in [-0.4, -0.2) is 29.5 Å². The average Bonchev–Trinajstić information content (AvgIpc) is 2.52. The van der Waals surface area contributed by atoms with Gasteiger partial charge in [0.25, 0.3) is 5.91 Å². The number of ether oxygens (including phenoxy) is 1. The Balaban J connectivity index is 2.89. The molecule has 0 saturated heterocycles. The maximum absolute atomic E-state index is 12.1. The molecule has 0 spiro atoms. The van der Waals surface area contributed by atoms with E-state index in [0.29, 0.717) is 18.4 Å². The Bertz CT molecular complexity index is 525. The lowest BCUT2D eigenvalue weighted by Gasteiger charge is -2.26. The van der Waals surface area contributed by atoms with Crippen LogP contribution in [0.15, 0.2) is 18.3 Å². The van der Waals surface area contributed by atoms with Crippen LogP contribution in [0.4, 0.5) is 0 Å². The molecular weight excluding hydrogens is 256 g/mol. The van der Waals surface area contributed by atoms with Gasteiger partial charge in [-0.1, -0.05) is 19.8 Å². The maximum atomic E-state index is 12.1. The largest absolute Gasteiger partial charge is 0.465 e. The first-order valence-corrected chi connectivity index (χ1v) is 6.36. The highest BCUT2D eigenvalue weighted by atomic mass is 16.5. The summed E-state index contributed by atoms with van der Waals surface area (Å²) in [6, 6.07) is 2.96. The van der Waals surface area contributed by atoms with Crippen molar-refractivity contribution in [2.75, 3.05) is 7.11 Å². The van der Waals surface area contributed by atoms with Gasteiger partial charge in [0.2, 0.25) is 0 Å². The van der Waals surface area contributed by atoms with Crippen molar-refractivity contribution in [1.82, 2.24) is 10.3 Å². The van der Waals surface area contributed by atoms with E-state index in [9.17, 15) is 9.59 Å². The van der Waals surface area contributed by atoms with Crippen LogP contribution in [-0.2, 0) is 4.74 Å². The van der Waals surface area contributed by atoms with E-state index in [0.717, 1.165) is 0 Å². The molecule has 1 aromatic heterocycles. The number of methoxy groups -OCH3 is 1. The molecular formula is C15H18N2O3. The number of aromatic nitrogens is 1. The molecule has 0 aliphatic heterocycles. The van der Waals surface area contributed by atoms with Gasteiger partial charge in [-0.15, -0.1) is 6.42 Å². The van der Waals surface area contributed by atoms with Crippen LogP contribution < -0.4 is 5.32 Å². The molecule has 0 saturated carbocycles. The summed E-state index contributed by atoms with van der Waals surface area (Å²) in [4.78, 5) is 27.3. The molecule has 0 atom stereocenters. The minimum absolute atomic E-state index is 0.208. The number of pyridine rings is 1. The third-order valence-electron chi connectivity index (χ3n) is 3.25. The van der Waals surface area contributed by atoms with E-state index in [1.807, 2.05) is 13.8 Å². The maximum Gasteiger partial charge on any atom is 0.339 e. The molecule has 1 aromatic rings. The molecule has 1 heterocycles. The van der Waals surface area contributed by atoms with E-state index in [4.69, 9.17) is 6.42 Å². The van der Waals surface area contributed by atoms with Crippen molar-refractivity contribution in [3.8, 4) is 12.3 Å². The highest BCUT2D eigenvalue weighted by Crippen LogP contribution is 2.14. The highest BCUT2D eigenvalue weighted by molar-refractivity contribution is 5.94. The topological polar surface area (TPSA) is 68.3 Å². The number of hydrogen-bond acceptors (Lipinski definition) is 4. The number of nitrogens with zero attached hydrogens (tertiary/aromatic N) is 1. The summed E-state index contributed by atoms with van der Waals surface area (Å²) in [7, 11) is 1.28. The third kappa shape index (κ3) is 3.35. The molecule has 1 N–H and O–H groups in total. The van der Waals surface area contributed by atoms with E-state index in [1.54, 1.807) is 0 Å². The van der Waals surface area contributed by atoms with Gasteiger partial charge in [0.05, 0.1) is 12.7 Å². The van der Waals surface area contributed by atoms with E-state index in [2.05, 4.69) is 21.0 Å². The second-order valence-electron chi connectivity index (χ2n) is 4.31. The molecule has 0 aromatic carbocycles. The first kappa shape index (κ1) is 15.7. The number of hydrogen-bond donors (Lipinski definition) is 1. The Morgan fingerprint density at radius 3 is 2.45 bits per heavy atom. The number of carbonyl (C=O) groups excluding carboxylic acids is 2. The van der Waals surface area contributed by atoms with Crippen LogP contribution in [0.2, 0.25) is 0 Å². The van der Waals surface area contributed by atoms with Crippen molar-refractivity contribution >= 4 is 11.9 Å². The fourth-order valence-electron chi connectivity index (χ4n) is 1.72. The third-order valence-corrected chi connectivity index (χ3v) is 3.25. The lowest BCUT2D eigenvalue weighted by Crippen LogP contribution is -2.46. The first-order valence-electron chi connectivity index (χ1n) is 6.36. The summed E-state index contributed by atoms with van der Waals surface area (Å²) in [6.45, 7) is 3.83. The Kier molecular flexibility index (Phi) is 5.27. The molecule has 0 aliphatic rings. The normalized spacial score (nSPS) is 10.5. The van der Waals surface area contributed by atoms with Crippen LogP contribution in [0.1, 0.15) is 47.5 Å². The van der Waals surface area contributed by atoms with Gasteiger partial charge >= 0.3 is 5.97 Å². The predicted molar refractivity (Wildman–Crippen MR) is 75.2 cm³/mol. The predicted octanol–water partition coefficient (Wildman–Crippen LogP) is 1.79. The molecule has 0 radical (unpaired) electrons. The van der Waals surface area contributed by atoms with Crippen molar-refractivity contribution in [2.24, 2.45) is 0 Å². The Morgan fingerprint density at radius 1 is 1.40 bits per heavy atom. The zero-order valence-corrected chi connectivity index (χ0v) is 11.9. The van der Waals surface area contributed by atoms with Crippen LogP contribution in [0.3, 0.4) is 0 Å². The first-order chi connectivity index (χ1) is 9.51. The summed E-state index contributed by atoms with van der Waals surface area (Å²) < 4.78 is 4.56. The van der Waals surface area contributed by atoms with Gasteiger partial charge in [-0.2, -0.15) is 0 Å². The zero-order valence-electron chi connectivity index (χ0n) is 11.9. The molecule has 0 unspecified atom stereocenters. The number of amides is 1. The van der Waals surface area contributed by atoms with Gasteiger partial charge in [0, 0.05) is 6.20 Å².